The van der Waals surface area contributed by atoms with Crippen molar-refractivity contribution < 1.29 is 14.8 Å². The lowest BCUT2D eigenvalue weighted by atomic mass is 9.82. The van der Waals surface area contributed by atoms with E-state index in [-0.39, 0.29) is 16.6 Å². The molecule has 2 rings (SSSR count). The fourth-order valence-electron chi connectivity index (χ4n) is 1.03. The second-order valence-corrected chi connectivity index (χ2v) is 3.64. The summed E-state index contributed by atoms with van der Waals surface area (Å²) >= 11 is 5.79. The Morgan fingerprint density at radius 1 is 1.50 bits per heavy atom. The lowest BCUT2D eigenvalue weighted by Crippen LogP contribution is -2.31. The maximum Gasteiger partial charge on any atom is 0.491 e. The molecule has 1 aromatic rings. The summed E-state index contributed by atoms with van der Waals surface area (Å²) in [6.45, 7) is 0. The van der Waals surface area contributed by atoms with Crippen LogP contribution in [0, 0.1) is 0 Å². The van der Waals surface area contributed by atoms with E-state index in [0.717, 1.165) is 12.8 Å². The SMILES string of the molecule is OB(O)c1cnc(OC2CC2)cc1Cl. The van der Waals surface area contributed by atoms with Gasteiger partial charge in [-0.1, -0.05) is 11.6 Å². The van der Waals surface area contributed by atoms with Crippen LogP contribution in [-0.4, -0.2) is 28.3 Å². The summed E-state index contributed by atoms with van der Waals surface area (Å²) in [5.74, 6) is 0.432. The number of aromatic nitrogens is 1. The van der Waals surface area contributed by atoms with E-state index in [9.17, 15) is 0 Å². The minimum atomic E-state index is -1.59. The van der Waals surface area contributed by atoms with E-state index in [1.165, 1.54) is 12.3 Å². The molecule has 1 aliphatic carbocycles. The molecule has 1 aliphatic rings. The van der Waals surface area contributed by atoms with Gasteiger partial charge in [-0.05, 0) is 12.8 Å². The zero-order chi connectivity index (χ0) is 10.1. The summed E-state index contributed by atoms with van der Waals surface area (Å²) in [6, 6.07) is 1.49. The zero-order valence-corrected chi connectivity index (χ0v) is 8.11. The Morgan fingerprint density at radius 3 is 2.71 bits per heavy atom. The number of rotatable bonds is 3. The molecule has 0 unspecified atom stereocenters. The van der Waals surface area contributed by atoms with E-state index in [4.69, 9.17) is 26.4 Å². The van der Waals surface area contributed by atoms with Crippen LogP contribution >= 0.6 is 11.6 Å². The molecular formula is C8H9BClNO3. The molecule has 6 heteroatoms. The number of hydrogen-bond donors (Lipinski definition) is 2. The first-order valence-electron chi connectivity index (χ1n) is 4.35. The maximum atomic E-state index is 8.88. The highest BCUT2D eigenvalue weighted by Gasteiger charge is 2.25. The van der Waals surface area contributed by atoms with Crippen LogP contribution < -0.4 is 10.2 Å². The van der Waals surface area contributed by atoms with Crippen molar-refractivity contribution in [1.82, 2.24) is 4.98 Å². The third-order valence-electron chi connectivity index (χ3n) is 1.95. The van der Waals surface area contributed by atoms with Gasteiger partial charge < -0.3 is 14.8 Å². The van der Waals surface area contributed by atoms with Gasteiger partial charge in [0.1, 0.15) is 6.10 Å². The Morgan fingerprint density at radius 2 is 2.21 bits per heavy atom. The summed E-state index contributed by atoms with van der Waals surface area (Å²) in [4.78, 5) is 3.91. The molecule has 0 saturated heterocycles. The summed E-state index contributed by atoms with van der Waals surface area (Å²) < 4.78 is 5.38. The Hall–Kier alpha value is -0.775. The largest absolute Gasteiger partial charge is 0.491 e. The van der Waals surface area contributed by atoms with Crippen molar-refractivity contribution in [3.8, 4) is 5.88 Å². The van der Waals surface area contributed by atoms with Gasteiger partial charge in [-0.2, -0.15) is 0 Å². The molecule has 1 saturated carbocycles. The molecule has 4 nitrogen and oxygen atoms in total. The highest BCUT2D eigenvalue weighted by Crippen LogP contribution is 2.26. The molecule has 0 radical (unpaired) electrons. The highest BCUT2D eigenvalue weighted by atomic mass is 35.5. The molecule has 0 amide bonds. The van der Waals surface area contributed by atoms with Crippen LogP contribution in [0.2, 0.25) is 5.02 Å². The van der Waals surface area contributed by atoms with Gasteiger partial charge in [0.2, 0.25) is 5.88 Å². The van der Waals surface area contributed by atoms with E-state index < -0.39 is 7.12 Å². The van der Waals surface area contributed by atoms with Crippen molar-refractivity contribution in [1.29, 1.82) is 0 Å². The number of nitrogens with zero attached hydrogens (tertiary/aromatic N) is 1. The third-order valence-corrected chi connectivity index (χ3v) is 2.27. The smallest absolute Gasteiger partial charge is 0.474 e. The number of halogens is 1. The first-order chi connectivity index (χ1) is 6.66. The van der Waals surface area contributed by atoms with Crippen LogP contribution in [0.1, 0.15) is 12.8 Å². The van der Waals surface area contributed by atoms with Crippen LogP contribution in [0.25, 0.3) is 0 Å². The van der Waals surface area contributed by atoms with Crippen molar-refractivity contribution in [2.75, 3.05) is 0 Å². The zero-order valence-electron chi connectivity index (χ0n) is 7.35. The van der Waals surface area contributed by atoms with Crippen molar-refractivity contribution in [2.45, 2.75) is 18.9 Å². The Kier molecular flexibility index (Phi) is 2.63. The first kappa shape index (κ1) is 9.77. The molecule has 2 N–H and O–H groups in total. The molecule has 0 spiro atoms. The summed E-state index contributed by atoms with van der Waals surface area (Å²) in [5, 5.41) is 18.0. The molecule has 0 aromatic carbocycles. The normalized spacial score (nSPS) is 15.4. The van der Waals surface area contributed by atoms with Gasteiger partial charge in [0, 0.05) is 22.7 Å². The second-order valence-electron chi connectivity index (χ2n) is 3.23. The fraction of sp³-hybridized carbons (Fsp3) is 0.375. The van der Waals surface area contributed by atoms with Crippen molar-refractivity contribution in [3.05, 3.63) is 17.3 Å². The van der Waals surface area contributed by atoms with Gasteiger partial charge in [-0.25, -0.2) is 4.98 Å². The van der Waals surface area contributed by atoms with E-state index in [2.05, 4.69) is 4.98 Å². The first-order valence-corrected chi connectivity index (χ1v) is 4.73. The minimum absolute atomic E-state index is 0.190. The van der Waals surface area contributed by atoms with Crippen molar-refractivity contribution in [2.24, 2.45) is 0 Å². The monoisotopic (exact) mass is 213 g/mol. The lowest BCUT2D eigenvalue weighted by Gasteiger charge is -2.06. The van der Waals surface area contributed by atoms with Crippen LogP contribution in [0.15, 0.2) is 12.3 Å². The minimum Gasteiger partial charge on any atom is -0.474 e. The van der Waals surface area contributed by atoms with Crippen LogP contribution in [0.3, 0.4) is 0 Å². The predicted octanol–water partition coefficient (Wildman–Crippen LogP) is -0.0440. The standard InChI is InChI=1S/C8H9BClNO3/c10-7-3-8(14-5-1-2-5)11-4-6(7)9(12)13/h3-5,12-13H,1-2H2. The summed E-state index contributed by atoms with van der Waals surface area (Å²) in [6.07, 6.45) is 3.65. The summed E-state index contributed by atoms with van der Waals surface area (Å²) in [7, 11) is -1.59. The number of pyridine rings is 1. The van der Waals surface area contributed by atoms with Gasteiger partial charge >= 0.3 is 7.12 Å². The molecule has 1 fully saturated rings. The quantitative estimate of drug-likeness (QED) is 0.692. The Labute approximate surface area is 86.6 Å². The van der Waals surface area contributed by atoms with Gasteiger partial charge in [-0.15, -0.1) is 0 Å². The average molecular weight is 213 g/mol. The van der Waals surface area contributed by atoms with E-state index in [1.807, 2.05) is 0 Å². The average Bonchev–Trinajstić information content (AvgIpc) is 2.87. The highest BCUT2D eigenvalue weighted by molar-refractivity contribution is 6.62. The molecule has 74 valence electrons. The Balaban J connectivity index is 2.16. The van der Waals surface area contributed by atoms with Gasteiger partial charge in [0.15, 0.2) is 0 Å². The topological polar surface area (TPSA) is 62.6 Å². The molecule has 1 aromatic heterocycles. The maximum absolute atomic E-state index is 8.88. The molecule has 0 atom stereocenters. The van der Waals surface area contributed by atoms with Crippen LogP contribution in [0.5, 0.6) is 5.88 Å². The Bertz CT molecular complexity index is 343. The predicted molar refractivity (Wildman–Crippen MR) is 52.7 cm³/mol. The summed E-state index contributed by atoms with van der Waals surface area (Å²) in [5.41, 5.74) is 0.190. The second kappa shape index (κ2) is 3.77. The number of ether oxygens (including phenoxy) is 1. The van der Waals surface area contributed by atoms with Crippen LogP contribution in [-0.2, 0) is 0 Å². The lowest BCUT2D eigenvalue weighted by molar-refractivity contribution is 0.291. The molecule has 14 heavy (non-hydrogen) atoms. The van der Waals surface area contributed by atoms with Crippen molar-refractivity contribution in [3.63, 3.8) is 0 Å². The van der Waals surface area contributed by atoms with Crippen molar-refractivity contribution >= 4 is 24.2 Å². The molecule has 1 heterocycles. The van der Waals surface area contributed by atoms with Gasteiger partial charge in [0.05, 0.1) is 0 Å². The van der Waals surface area contributed by atoms with Crippen LogP contribution in [0.4, 0.5) is 0 Å². The van der Waals surface area contributed by atoms with E-state index >= 15 is 0 Å². The molecule has 0 aliphatic heterocycles. The number of hydrogen-bond acceptors (Lipinski definition) is 4. The molecule has 0 bridgehead atoms. The molecular weight excluding hydrogens is 204 g/mol. The fourth-order valence-corrected chi connectivity index (χ4v) is 1.27. The third kappa shape index (κ3) is 2.18. The van der Waals surface area contributed by atoms with E-state index in [1.54, 1.807) is 0 Å². The van der Waals surface area contributed by atoms with Gasteiger partial charge in [-0.3, -0.25) is 0 Å². The van der Waals surface area contributed by atoms with E-state index in [0.29, 0.717) is 5.88 Å². The van der Waals surface area contributed by atoms with Gasteiger partial charge in [0.25, 0.3) is 0 Å².